The third kappa shape index (κ3) is 3.19. The van der Waals surface area contributed by atoms with Gasteiger partial charge in [-0.25, -0.2) is 0 Å². The lowest BCUT2D eigenvalue weighted by molar-refractivity contribution is -0.126. The first kappa shape index (κ1) is 12.8. The van der Waals surface area contributed by atoms with E-state index in [1.54, 1.807) is 0 Å². The number of aliphatic hydroxyl groups is 1. The van der Waals surface area contributed by atoms with Crippen LogP contribution in [0.3, 0.4) is 0 Å². The van der Waals surface area contributed by atoms with Gasteiger partial charge in [0, 0.05) is 0 Å². The van der Waals surface area contributed by atoms with Gasteiger partial charge in [0.2, 0.25) is 5.91 Å². The van der Waals surface area contributed by atoms with Crippen LogP contribution >= 0.6 is 0 Å². The van der Waals surface area contributed by atoms with Crippen molar-refractivity contribution >= 4 is 5.91 Å². The molecule has 1 saturated heterocycles. The fourth-order valence-electron chi connectivity index (χ4n) is 2.95. The van der Waals surface area contributed by atoms with E-state index >= 15 is 0 Å². The SMILES string of the molecule is CC1CCCNC1C(=O)N[C@@H]1CCCC[C@H]1O. The molecule has 1 aliphatic carbocycles. The van der Waals surface area contributed by atoms with Gasteiger partial charge in [0.25, 0.3) is 0 Å². The Hall–Kier alpha value is -0.610. The summed E-state index contributed by atoms with van der Waals surface area (Å²) in [4.78, 5) is 12.1. The van der Waals surface area contributed by atoms with E-state index in [2.05, 4.69) is 17.6 Å². The number of carbonyl (C=O) groups excluding carboxylic acids is 1. The number of amides is 1. The lowest BCUT2D eigenvalue weighted by Crippen LogP contribution is -2.55. The van der Waals surface area contributed by atoms with Crippen LogP contribution in [-0.2, 0) is 4.79 Å². The summed E-state index contributed by atoms with van der Waals surface area (Å²) in [6, 6.07) is -0.106. The Morgan fingerprint density at radius 2 is 2.00 bits per heavy atom. The second-order valence-corrected chi connectivity index (χ2v) is 5.52. The van der Waals surface area contributed by atoms with Crippen LogP contribution in [0.15, 0.2) is 0 Å². The predicted molar refractivity (Wildman–Crippen MR) is 66.6 cm³/mol. The molecular weight excluding hydrogens is 216 g/mol. The first-order valence-electron chi connectivity index (χ1n) is 6.90. The molecule has 1 amide bonds. The Morgan fingerprint density at radius 3 is 2.71 bits per heavy atom. The van der Waals surface area contributed by atoms with Crippen molar-refractivity contribution in [3.8, 4) is 0 Å². The maximum Gasteiger partial charge on any atom is 0.237 e. The van der Waals surface area contributed by atoms with Gasteiger partial charge in [-0.1, -0.05) is 19.8 Å². The van der Waals surface area contributed by atoms with Crippen molar-refractivity contribution in [2.45, 2.75) is 63.6 Å². The molecule has 2 fully saturated rings. The lowest BCUT2D eigenvalue weighted by Gasteiger charge is -2.33. The highest BCUT2D eigenvalue weighted by atomic mass is 16.3. The molecule has 1 aliphatic heterocycles. The molecule has 4 heteroatoms. The molecule has 3 N–H and O–H groups in total. The summed E-state index contributed by atoms with van der Waals surface area (Å²) >= 11 is 0. The molecule has 0 spiro atoms. The van der Waals surface area contributed by atoms with Crippen LogP contribution in [-0.4, -0.2) is 35.7 Å². The van der Waals surface area contributed by atoms with Gasteiger partial charge in [-0.15, -0.1) is 0 Å². The Bertz CT molecular complexity index is 270. The molecule has 98 valence electrons. The number of rotatable bonds is 2. The fraction of sp³-hybridized carbons (Fsp3) is 0.923. The fourth-order valence-corrected chi connectivity index (χ4v) is 2.95. The van der Waals surface area contributed by atoms with Crippen LogP contribution in [0.5, 0.6) is 0 Å². The molecule has 0 aromatic carbocycles. The molecule has 2 rings (SSSR count). The van der Waals surface area contributed by atoms with Gasteiger partial charge >= 0.3 is 0 Å². The summed E-state index contributed by atoms with van der Waals surface area (Å²) < 4.78 is 0. The van der Waals surface area contributed by atoms with Crippen molar-refractivity contribution in [1.82, 2.24) is 10.6 Å². The molecular formula is C13H24N2O2. The summed E-state index contributed by atoms with van der Waals surface area (Å²) in [5, 5.41) is 16.1. The topological polar surface area (TPSA) is 61.4 Å². The second-order valence-electron chi connectivity index (χ2n) is 5.52. The zero-order valence-electron chi connectivity index (χ0n) is 10.6. The molecule has 4 nitrogen and oxygen atoms in total. The third-order valence-corrected chi connectivity index (χ3v) is 4.11. The number of nitrogens with one attached hydrogen (secondary N) is 2. The normalized spacial score (nSPS) is 38.7. The maximum atomic E-state index is 12.1. The van der Waals surface area contributed by atoms with Gasteiger partial charge in [-0.2, -0.15) is 0 Å². The molecule has 1 saturated carbocycles. The van der Waals surface area contributed by atoms with Gasteiger partial charge in [-0.05, 0) is 38.1 Å². The minimum absolute atomic E-state index is 0.0350. The molecule has 0 radical (unpaired) electrons. The van der Waals surface area contributed by atoms with Crippen molar-refractivity contribution in [2.24, 2.45) is 5.92 Å². The van der Waals surface area contributed by atoms with Crippen molar-refractivity contribution in [2.75, 3.05) is 6.54 Å². The number of aliphatic hydroxyl groups excluding tert-OH is 1. The summed E-state index contributed by atoms with van der Waals surface area (Å²) in [6.45, 7) is 3.04. The molecule has 17 heavy (non-hydrogen) atoms. The minimum Gasteiger partial charge on any atom is -0.391 e. The zero-order valence-corrected chi connectivity index (χ0v) is 10.6. The Kier molecular flexibility index (Phi) is 4.40. The number of carbonyl (C=O) groups is 1. The van der Waals surface area contributed by atoms with Crippen LogP contribution < -0.4 is 10.6 Å². The second kappa shape index (κ2) is 5.83. The van der Waals surface area contributed by atoms with Crippen LogP contribution in [0.1, 0.15) is 45.4 Å². The van der Waals surface area contributed by atoms with Crippen LogP contribution in [0.25, 0.3) is 0 Å². The molecule has 2 aliphatic rings. The highest BCUT2D eigenvalue weighted by molar-refractivity contribution is 5.82. The lowest BCUT2D eigenvalue weighted by atomic mass is 9.89. The van der Waals surface area contributed by atoms with Gasteiger partial charge < -0.3 is 15.7 Å². The van der Waals surface area contributed by atoms with Crippen LogP contribution in [0.2, 0.25) is 0 Å². The molecule has 0 aromatic heterocycles. The summed E-state index contributed by atoms with van der Waals surface area (Å²) in [6.07, 6.45) is 5.81. The first-order valence-corrected chi connectivity index (χ1v) is 6.90. The molecule has 1 heterocycles. The van der Waals surface area contributed by atoms with Crippen molar-refractivity contribution < 1.29 is 9.90 Å². The Morgan fingerprint density at radius 1 is 1.24 bits per heavy atom. The van der Waals surface area contributed by atoms with Crippen LogP contribution in [0, 0.1) is 5.92 Å². The highest BCUT2D eigenvalue weighted by Gasteiger charge is 2.31. The Balaban J connectivity index is 1.86. The monoisotopic (exact) mass is 240 g/mol. The quantitative estimate of drug-likeness (QED) is 0.669. The van der Waals surface area contributed by atoms with E-state index in [0.717, 1.165) is 45.1 Å². The first-order chi connectivity index (χ1) is 8.18. The van der Waals surface area contributed by atoms with E-state index in [-0.39, 0.29) is 24.1 Å². The molecule has 4 atom stereocenters. The molecule has 0 aromatic rings. The van der Waals surface area contributed by atoms with E-state index in [1.807, 2.05) is 0 Å². The van der Waals surface area contributed by atoms with Crippen molar-refractivity contribution in [1.29, 1.82) is 0 Å². The van der Waals surface area contributed by atoms with E-state index < -0.39 is 0 Å². The predicted octanol–water partition coefficient (Wildman–Crippen LogP) is 0.794. The maximum absolute atomic E-state index is 12.1. The van der Waals surface area contributed by atoms with E-state index in [0.29, 0.717) is 5.92 Å². The van der Waals surface area contributed by atoms with Gasteiger partial charge in [0.05, 0.1) is 18.2 Å². The van der Waals surface area contributed by atoms with Crippen molar-refractivity contribution in [3.05, 3.63) is 0 Å². The number of hydrogen-bond acceptors (Lipinski definition) is 3. The van der Waals surface area contributed by atoms with Crippen LogP contribution in [0.4, 0.5) is 0 Å². The smallest absolute Gasteiger partial charge is 0.237 e. The average Bonchev–Trinajstić information content (AvgIpc) is 2.32. The standard InChI is InChI=1S/C13H24N2O2/c1-9-5-4-8-14-12(9)13(17)15-10-6-2-3-7-11(10)16/h9-12,14,16H,2-8H2,1H3,(H,15,17)/t9?,10-,11-,12?/m1/s1. The van der Waals surface area contributed by atoms with E-state index in [4.69, 9.17) is 0 Å². The third-order valence-electron chi connectivity index (χ3n) is 4.11. The number of piperidine rings is 1. The Labute approximate surface area is 103 Å². The van der Waals surface area contributed by atoms with E-state index in [9.17, 15) is 9.90 Å². The highest BCUT2D eigenvalue weighted by Crippen LogP contribution is 2.20. The van der Waals surface area contributed by atoms with Gasteiger partial charge in [-0.3, -0.25) is 4.79 Å². The van der Waals surface area contributed by atoms with Gasteiger partial charge in [0.1, 0.15) is 0 Å². The van der Waals surface area contributed by atoms with Crippen molar-refractivity contribution in [3.63, 3.8) is 0 Å². The summed E-state index contributed by atoms with van der Waals surface area (Å²) in [7, 11) is 0. The zero-order chi connectivity index (χ0) is 12.3. The van der Waals surface area contributed by atoms with Gasteiger partial charge in [0.15, 0.2) is 0 Å². The minimum atomic E-state index is -0.355. The number of hydrogen-bond donors (Lipinski definition) is 3. The largest absolute Gasteiger partial charge is 0.391 e. The summed E-state index contributed by atoms with van der Waals surface area (Å²) in [5.74, 6) is 0.465. The molecule has 0 bridgehead atoms. The average molecular weight is 240 g/mol. The summed E-state index contributed by atoms with van der Waals surface area (Å²) in [5.41, 5.74) is 0. The van der Waals surface area contributed by atoms with E-state index in [1.165, 1.54) is 0 Å². The molecule has 2 unspecified atom stereocenters.